The molecule has 3 aliphatic heterocycles. The summed E-state index contributed by atoms with van der Waals surface area (Å²) in [4.78, 5) is 68.0. The molecule has 16 radical (unpaired) electrons. The van der Waals surface area contributed by atoms with Crippen LogP contribution in [0.3, 0.4) is 0 Å². The van der Waals surface area contributed by atoms with Crippen molar-refractivity contribution in [1.29, 1.82) is 0 Å². The van der Waals surface area contributed by atoms with Gasteiger partial charge in [0.1, 0.15) is 41.3 Å². The average Bonchev–Trinajstić information content (AvgIpc) is 3.74. The lowest BCUT2D eigenvalue weighted by Crippen LogP contribution is -2.55. The molecule has 82 heavy (non-hydrogen) atoms. The Morgan fingerprint density at radius 1 is 0.939 bits per heavy atom. The van der Waals surface area contributed by atoms with Crippen LogP contribution in [0.4, 0.5) is 0 Å². The number of hydrogen-bond acceptors (Lipinski definition) is 19. The smallest absolute Gasteiger partial charge is 0.567 e. The van der Waals surface area contributed by atoms with E-state index in [0.29, 0.717) is 6.42 Å². The van der Waals surface area contributed by atoms with E-state index < -0.39 is 95.8 Å². The Morgan fingerprint density at radius 2 is 1.62 bits per heavy atom. The maximum atomic E-state index is 14.1. The normalized spacial score (nSPS) is 31.2. The number of aliphatic hydroxyl groups is 1. The first-order valence-electron chi connectivity index (χ1n) is 26.8. The van der Waals surface area contributed by atoms with Crippen LogP contribution < -0.4 is 23.8 Å². The van der Waals surface area contributed by atoms with Crippen molar-refractivity contribution in [2.45, 2.75) is 173 Å². The van der Waals surface area contributed by atoms with Crippen molar-refractivity contribution >= 4 is 111 Å². The number of carbonyl (C=O) groups excluding carboxylic acids is 5. The molecular weight excluding hydrogens is 1070 g/mol. The molecule has 0 saturated carbocycles. The van der Waals surface area contributed by atoms with Gasteiger partial charge < -0.3 is 61.9 Å². The lowest BCUT2D eigenvalue weighted by Gasteiger charge is -2.45. The molecule has 0 spiro atoms. The van der Waals surface area contributed by atoms with Crippen LogP contribution in [0.1, 0.15) is 153 Å². The minimum Gasteiger partial charge on any atom is -0.567 e. The van der Waals surface area contributed by atoms with Crippen molar-refractivity contribution in [2.75, 3.05) is 13.7 Å². The SMILES string of the molecule is [B]NC1CC(OC2CC(O[B])(C(=O)CO)Cc3c(O[B])c4c(c(O[B])c32)C(=O)c2c(OC)cccc2C4=O)OC(C)C1O[B].[B]O[C@H]1[C@@H](C)CCC[C@@]2(C)O[C@H]2C[C@@H](/C(C)=C/c2csc(C)[n+]2[B])OC(=O)C[C@H](O[B])C(C)(C)C(=O)[C@@H]1C. The lowest BCUT2D eigenvalue weighted by atomic mass is 9.71. The van der Waals surface area contributed by atoms with E-state index in [-0.39, 0.29) is 99.7 Å². The summed E-state index contributed by atoms with van der Waals surface area (Å²) in [6.45, 7) is 14.0. The van der Waals surface area contributed by atoms with Gasteiger partial charge in [-0.15, -0.1) is 0 Å². The molecule has 13 atom stereocenters. The van der Waals surface area contributed by atoms with E-state index in [1.165, 1.54) is 19.2 Å². The summed E-state index contributed by atoms with van der Waals surface area (Å²) >= 11 is 1.54. The van der Waals surface area contributed by atoms with Crippen molar-refractivity contribution in [1.82, 2.24) is 5.23 Å². The van der Waals surface area contributed by atoms with E-state index in [4.69, 9.17) is 116 Å². The lowest BCUT2D eigenvalue weighted by molar-refractivity contribution is -0.525. The van der Waals surface area contributed by atoms with Gasteiger partial charge in [0.25, 0.3) is 32.2 Å². The number of fused-ring (bicyclic) bond motifs is 4. The number of esters is 1. The van der Waals surface area contributed by atoms with Crippen LogP contribution in [0, 0.1) is 24.2 Å². The number of cyclic esters (lactones) is 1. The molecule has 420 valence electrons. The van der Waals surface area contributed by atoms with Crippen LogP contribution in [-0.2, 0) is 58.4 Å². The molecule has 19 nitrogen and oxygen atoms in total. The Morgan fingerprint density at radius 3 is 2.21 bits per heavy atom. The Hall–Kier alpha value is -4.48. The number of aromatic nitrogens is 1. The van der Waals surface area contributed by atoms with Gasteiger partial charge in [0.05, 0.1) is 77.8 Å². The molecule has 4 heterocycles. The highest BCUT2D eigenvalue weighted by atomic mass is 32.1. The number of carbonyl (C=O) groups is 5. The Labute approximate surface area is 493 Å². The summed E-state index contributed by atoms with van der Waals surface area (Å²) in [5, 5.41) is 15.4. The number of rotatable bonds is 14. The van der Waals surface area contributed by atoms with Gasteiger partial charge in [-0.25, -0.2) is 0 Å². The first-order valence-corrected chi connectivity index (χ1v) is 27.7. The number of epoxide rings is 1. The largest absolute Gasteiger partial charge is 0.587 e. The molecule has 6 unspecified atom stereocenters. The highest BCUT2D eigenvalue weighted by molar-refractivity contribution is 7.09. The van der Waals surface area contributed by atoms with Crippen molar-refractivity contribution < 1.29 is 85.2 Å². The van der Waals surface area contributed by atoms with Crippen molar-refractivity contribution in [2.24, 2.45) is 17.3 Å². The molecule has 0 bridgehead atoms. The van der Waals surface area contributed by atoms with E-state index in [0.717, 1.165) is 35.5 Å². The highest BCUT2D eigenvalue weighted by Gasteiger charge is 2.54. The van der Waals surface area contributed by atoms with Gasteiger partial charge in [0, 0.05) is 72.7 Å². The molecule has 8 rings (SSSR count). The first-order chi connectivity index (χ1) is 38.9. The van der Waals surface area contributed by atoms with Crippen LogP contribution in [0.2, 0.25) is 0 Å². The topological polar surface area (TPSA) is 226 Å². The van der Waals surface area contributed by atoms with E-state index >= 15 is 0 Å². The van der Waals surface area contributed by atoms with Crippen LogP contribution >= 0.6 is 11.3 Å². The fourth-order valence-electron chi connectivity index (χ4n) is 12.0. The Balaban J connectivity index is 0.000000239. The Bertz CT molecular complexity index is 2920. The van der Waals surface area contributed by atoms with Crippen molar-refractivity contribution in [3.05, 3.63) is 73.2 Å². The van der Waals surface area contributed by atoms with Gasteiger partial charge in [-0.05, 0) is 51.2 Å². The number of aliphatic hydroxyl groups excluding tert-OH is 1. The summed E-state index contributed by atoms with van der Waals surface area (Å²) in [5.41, 5.74) is -1.95. The molecule has 2 aromatic carbocycles. The first kappa shape index (κ1) is 65.1. The molecular formula is C54H63B8N2O17S+. The molecule has 2 aliphatic carbocycles. The standard InChI is InChI=1S/C27H24B5NO11.C27H39B3NO6S/c1-10-24(41-29)13(33-28)6-17(39-10)40-15-8-27(44-32,16(35)9-34)7-12-19(15)26(43-31)21-20(25(12)42-30)22(36)11-4-3-5-14(38-2)18(11)23(21)37;1-15-9-8-10-27(7)22(35-27)12-20(16(2)11-19-14-38-18(4)31(19)28)34-23(32)13-21(36-29)26(5,6)25(33)17(3)24(15)37-30/h3-5,10,13,15,17,24,33-34H,6-9H2,1-2H3;11,14-15,17,20-22,24H,8-10,12-13H2,1-7H3/q;+1/b;16-11+/t;15-,17+,20-,21-,22-,24-,27+/m.0/s1. The molecule has 3 aromatic rings. The Kier molecular flexibility index (Phi) is 21.3. The molecule has 2 N–H and O–H groups in total. The third-order valence-electron chi connectivity index (χ3n) is 17.0. The second kappa shape index (κ2) is 26.8. The highest BCUT2D eigenvalue weighted by Crippen LogP contribution is 2.54. The van der Waals surface area contributed by atoms with E-state index in [1.54, 1.807) is 49.6 Å². The summed E-state index contributed by atoms with van der Waals surface area (Å²) < 4.78 is 62.8. The second-order valence-electron chi connectivity index (χ2n) is 22.4. The average molecular weight is 1130 g/mol. The monoisotopic (exact) mass is 1130 g/mol. The van der Waals surface area contributed by atoms with Crippen molar-refractivity contribution in [3.63, 3.8) is 0 Å². The molecule has 1 aromatic heterocycles. The van der Waals surface area contributed by atoms with Crippen LogP contribution in [0.15, 0.2) is 29.2 Å². The number of nitrogens with one attached hydrogen (secondary N) is 1. The van der Waals surface area contributed by atoms with Gasteiger partial charge in [-0.2, -0.15) is 0 Å². The molecule has 5 aliphatic rings. The summed E-state index contributed by atoms with van der Waals surface area (Å²) in [5.74, 6) is -3.61. The minimum absolute atomic E-state index is 0.0149. The molecule has 0 amide bonds. The van der Waals surface area contributed by atoms with Crippen molar-refractivity contribution in [3.8, 4) is 17.2 Å². The number of thiazole rings is 1. The van der Waals surface area contributed by atoms with Gasteiger partial charge >= 0.3 is 30.0 Å². The number of ether oxygens (including phenoxy) is 5. The number of methoxy groups -OCH3 is 1. The van der Waals surface area contributed by atoms with Crippen LogP contribution in [0.5, 0.6) is 17.2 Å². The van der Waals surface area contributed by atoms with E-state index in [9.17, 15) is 29.1 Å². The van der Waals surface area contributed by atoms with Gasteiger partial charge in [-0.3, -0.25) is 28.5 Å². The summed E-state index contributed by atoms with van der Waals surface area (Å²) in [6.07, 6.45) is -1.18. The van der Waals surface area contributed by atoms with Gasteiger partial charge in [0.15, 0.2) is 31.5 Å². The van der Waals surface area contributed by atoms with E-state index in [1.807, 2.05) is 32.2 Å². The van der Waals surface area contributed by atoms with Gasteiger partial charge in [0.2, 0.25) is 10.8 Å². The van der Waals surface area contributed by atoms with Crippen LogP contribution in [-0.4, -0.2) is 172 Å². The fraction of sp³-hybridized carbons (Fsp3) is 0.593. The summed E-state index contributed by atoms with van der Waals surface area (Å²) in [7, 11) is 47.2. The predicted octanol–water partition coefficient (Wildman–Crippen LogP) is 2.96. The minimum atomic E-state index is -1.89. The maximum Gasteiger partial charge on any atom is 0.587 e. The molecule has 28 heteroatoms. The fourth-order valence-corrected chi connectivity index (χ4v) is 12.7. The third kappa shape index (κ3) is 12.7. The zero-order chi connectivity index (χ0) is 60.3. The second-order valence-corrected chi connectivity index (χ2v) is 23.5. The zero-order valence-electron chi connectivity index (χ0n) is 47.6. The molecule has 3 saturated heterocycles. The van der Waals surface area contributed by atoms with Gasteiger partial charge in [-0.1, -0.05) is 57.6 Å². The number of ketones is 4. The maximum absolute atomic E-state index is 14.1. The molecule has 3 fully saturated rings. The predicted molar refractivity (Wildman–Crippen MR) is 304 cm³/mol. The number of aryl methyl sites for hydroxylation is 1. The number of Topliss-reactive ketones (excluding diaryl/α,β-unsaturated/α-hetero) is 2. The number of hydrogen-bond donors (Lipinski definition) is 2. The third-order valence-corrected chi connectivity index (χ3v) is 17.9. The number of benzene rings is 2. The van der Waals surface area contributed by atoms with E-state index in [2.05, 4.69) is 12.2 Å². The zero-order valence-corrected chi connectivity index (χ0v) is 48.4. The number of nitrogens with zero attached hydrogens (tertiary/aromatic N) is 1. The van der Waals surface area contributed by atoms with Crippen LogP contribution in [0.25, 0.3) is 6.08 Å². The summed E-state index contributed by atoms with van der Waals surface area (Å²) in [6, 6.07) is 3.99. The quantitative estimate of drug-likeness (QED) is 0.105.